The van der Waals surface area contributed by atoms with Gasteiger partial charge in [-0.25, -0.2) is 9.07 Å². The van der Waals surface area contributed by atoms with Crippen molar-refractivity contribution in [3.8, 4) is 16.9 Å². The topological polar surface area (TPSA) is 50.1 Å². The zero-order valence-electron chi connectivity index (χ0n) is 15.2. The van der Waals surface area contributed by atoms with E-state index in [1.54, 1.807) is 23.5 Å². The second kappa shape index (κ2) is 7.78. The molecule has 0 aliphatic carbocycles. The van der Waals surface area contributed by atoms with Crippen LogP contribution in [0.2, 0.25) is 0 Å². The molecule has 28 heavy (non-hydrogen) atoms. The number of H-pyrrole nitrogens is 1. The highest BCUT2D eigenvalue weighted by Gasteiger charge is 2.19. The number of aliphatic imine (C=N–C) groups is 1. The second-order valence-electron chi connectivity index (χ2n) is 6.33. The van der Waals surface area contributed by atoms with Crippen LogP contribution in [-0.2, 0) is 6.54 Å². The molecule has 140 valence electrons. The molecule has 0 spiro atoms. The van der Waals surface area contributed by atoms with E-state index in [9.17, 15) is 9.18 Å². The molecule has 2 heterocycles. The Kier molecular flexibility index (Phi) is 5.04. The van der Waals surface area contributed by atoms with Crippen LogP contribution in [0.5, 0.6) is 0 Å². The molecule has 0 radical (unpaired) electrons. The molecule has 0 fully saturated rings. The number of aromatic nitrogens is 2. The largest absolute Gasteiger partial charge is 0.290 e. The number of thiophene rings is 1. The summed E-state index contributed by atoms with van der Waals surface area (Å²) in [7, 11) is 0. The maximum absolute atomic E-state index is 13.3. The fourth-order valence-corrected chi connectivity index (χ4v) is 3.66. The number of rotatable bonds is 5. The molecule has 0 atom stereocenters. The molecule has 1 N–H and O–H groups in total. The quantitative estimate of drug-likeness (QED) is 0.476. The van der Waals surface area contributed by atoms with Crippen molar-refractivity contribution in [3.05, 3.63) is 98.7 Å². The minimum Gasteiger partial charge on any atom is -0.290 e. The van der Waals surface area contributed by atoms with Crippen LogP contribution in [0, 0.1) is 5.82 Å². The molecule has 0 aliphatic rings. The third kappa shape index (κ3) is 3.59. The molecule has 0 saturated carbocycles. The van der Waals surface area contributed by atoms with Gasteiger partial charge in [0, 0.05) is 16.2 Å². The van der Waals surface area contributed by atoms with Gasteiger partial charge in [0.25, 0.3) is 5.56 Å². The molecule has 0 saturated heterocycles. The molecule has 4 nitrogen and oxygen atoms in total. The number of nitrogens with one attached hydrogen (secondary N) is 1. The number of halogens is 1. The summed E-state index contributed by atoms with van der Waals surface area (Å²) in [4.78, 5) is 19.0. The highest BCUT2D eigenvalue weighted by atomic mass is 32.1. The second-order valence-corrected chi connectivity index (χ2v) is 7.36. The van der Waals surface area contributed by atoms with Gasteiger partial charge in [0.2, 0.25) is 0 Å². The van der Waals surface area contributed by atoms with Gasteiger partial charge < -0.3 is 0 Å². The molecule has 0 bridgehead atoms. The Morgan fingerprint density at radius 3 is 2.50 bits per heavy atom. The van der Waals surface area contributed by atoms with Gasteiger partial charge in [0.1, 0.15) is 5.82 Å². The summed E-state index contributed by atoms with van der Waals surface area (Å²) in [5.41, 5.74) is 3.13. The minimum atomic E-state index is -0.347. The Labute approximate surface area is 165 Å². The van der Waals surface area contributed by atoms with Gasteiger partial charge in [-0.3, -0.25) is 14.9 Å². The summed E-state index contributed by atoms with van der Waals surface area (Å²) in [6, 6.07) is 19.5. The van der Waals surface area contributed by atoms with Crippen molar-refractivity contribution >= 4 is 17.0 Å². The Morgan fingerprint density at radius 1 is 1.07 bits per heavy atom. The molecular weight excluding hydrogens is 373 g/mol. The van der Waals surface area contributed by atoms with E-state index in [1.807, 2.05) is 54.8 Å². The molecule has 0 aliphatic heterocycles. The molecule has 4 rings (SSSR count). The van der Waals surface area contributed by atoms with Crippen molar-refractivity contribution in [1.82, 2.24) is 9.78 Å². The van der Waals surface area contributed by atoms with Gasteiger partial charge in [-0.1, -0.05) is 36.4 Å². The van der Waals surface area contributed by atoms with Crippen LogP contribution in [0.4, 0.5) is 4.39 Å². The number of benzene rings is 2. The number of nitrogens with zero attached hydrogens (tertiary/aromatic N) is 2. The third-order valence-electron chi connectivity index (χ3n) is 4.45. The normalized spacial score (nSPS) is 11.7. The average Bonchev–Trinajstić information content (AvgIpc) is 3.35. The Morgan fingerprint density at radius 2 is 1.82 bits per heavy atom. The first-order valence-electron chi connectivity index (χ1n) is 8.83. The average molecular weight is 391 g/mol. The maximum Gasteiger partial charge on any atom is 0.280 e. The van der Waals surface area contributed by atoms with Crippen LogP contribution in [0.25, 0.3) is 16.9 Å². The van der Waals surface area contributed by atoms with E-state index < -0.39 is 0 Å². The molecule has 4 aromatic rings. The number of aromatic amines is 1. The van der Waals surface area contributed by atoms with E-state index in [0.29, 0.717) is 29.2 Å². The molecule has 0 unspecified atom stereocenters. The van der Waals surface area contributed by atoms with Crippen molar-refractivity contribution < 1.29 is 4.39 Å². The number of hydrogen-bond acceptors (Lipinski definition) is 3. The van der Waals surface area contributed by atoms with Crippen LogP contribution in [-0.4, -0.2) is 15.5 Å². The van der Waals surface area contributed by atoms with Crippen LogP contribution in [0.1, 0.15) is 17.4 Å². The van der Waals surface area contributed by atoms with E-state index in [-0.39, 0.29) is 11.4 Å². The highest BCUT2D eigenvalue weighted by Crippen LogP contribution is 2.22. The predicted octanol–water partition coefficient (Wildman–Crippen LogP) is 5.04. The molecular formula is C22H18FN3OS. The van der Waals surface area contributed by atoms with E-state index in [1.165, 1.54) is 16.8 Å². The van der Waals surface area contributed by atoms with Gasteiger partial charge in [0.15, 0.2) is 0 Å². The zero-order valence-corrected chi connectivity index (χ0v) is 16.0. The SMILES string of the molecule is CC(=NCc1cccs1)c1c(-c2ccccc2)[nH]n(-c2ccc(F)cc2)c1=O. The first-order chi connectivity index (χ1) is 13.6. The summed E-state index contributed by atoms with van der Waals surface area (Å²) in [6.45, 7) is 2.37. The van der Waals surface area contributed by atoms with Crippen molar-refractivity contribution in [1.29, 1.82) is 0 Å². The molecule has 6 heteroatoms. The van der Waals surface area contributed by atoms with E-state index in [0.717, 1.165) is 10.4 Å². The third-order valence-corrected chi connectivity index (χ3v) is 5.31. The van der Waals surface area contributed by atoms with E-state index >= 15 is 0 Å². The summed E-state index contributed by atoms with van der Waals surface area (Å²) >= 11 is 1.63. The Hall–Kier alpha value is -3.25. The van der Waals surface area contributed by atoms with Crippen LogP contribution in [0.15, 0.2) is 81.9 Å². The summed E-state index contributed by atoms with van der Waals surface area (Å²) in [6.07, 6.45) is 0. The van der Waals surface area contributed by atoms with Crippen molar-refractivity contribution in [3.63, 3.8) is 0 Å². The molecule has 2 aromatic heterocycles. The highest BCUT2D eigenvalue weighted by molar-refractivity contribution is 7.09. The van der Waals surface area contributed by atoms with Gasteiger partial charge in [-0.2, -0.15) is 0 Å². The van der Waals surface area contributed by atoms with Crippen LogP contribution < -0.4 is 5.56 Å². The lowest BCUT2D eigenvalue weighted by atomic mass is 10.1. The fourth-order valence-electron chi connectivity index (χ4n) is 3.04. The summed E-state index contributed by atoms with van der Waals surface area (Å²) in [5, 5.41) is 5.19. The van der Waals surface area contributed by atoms with Crippen molar-refractivity contribution in [2.45, 2.75) is 13.5 Å². The Balaban J connectivity index is 1.84. The maximum atomic E-state index is 13.3. The van der Waals surface area contributed by atoms with Crippen LogP contribution in [0.3, 0.4) is 0 Å². The lowest BCUT2D eigenvalue weighted by Gasteiger charge is -2.03. The van der Waals surface area contributed by atoms with Gasteiger partial charge in [-0.15, -0.1) is 11.3 Å². The Bertz CT molecular complexity index is 1160. The standard InChI is InChI=1S/C22H18FN3OS/c1-15(24-14-19-8-5-13-28-19)20-21(16-6-3-2-4-7-16)25-26(22(20)27)18-11-9-17(23)10-12-18/h2-13,25H,14H2,1H3. The van der Waals surface area contributed by atoms with E-state index in [4.69, 9.17) is 0 Å². The lowest BCUT2D eigenvalue weighted by Crippen LogP contribution is -2.19. The summed E-state index contributed by atoms with van der Waals surface area (Å²) < 4.78 is 14.7. The van der Waals surface area contributed by atoms with Gasteiger partial charge in [0.05, 0.1) is 23.5 Å². The smallest absolute Gasteiger partial charge is 0.280 e. The van der Waals surface area contributed by atoms with Crippen molar-refractivity contribution in [2.24, 2.45) is 4.99 Å². The van der Waals surface area contributed by atoms with Gasteiger partial charge >= 0.3 is 0 Å². The van der Waals surface area contributed by atoms with Gasteiger partial charge in [-0.05, 0) is 42.6 Å². The van der Waals surface area contributed by atoms with E-state index in [2.05, 4.69) is 10.1 Å². The summed E-state index contributed by atoms with van der Waals surface area (Å²) in [5.74, 6) is -0.347. The first kappa shape index (κ1) is 18.1. The fraction of sp³-hybridized carbons (Fsp3) is 0.0909. The lowest BCUT2D eigenvalue weighted by molar-refractivity contribution is 0.627. The number of hydrogen-bond donors (Lipinski definition) is 1. The predicted molar refractivity (Wildman–Crippen MR) is 112 cm³/mol. The van der Waals surface area contributed by atoms with Crippen LogP contribution >= 0.6 is 11.3 Å². The monoisotopic (exact) mass is 391 g/mol. The minimum absolute atomic E-state index is 0.210. The molecule has 0 amide bonds. The first-order valence-corrected chi connectivity index (χ1v) is 9.71. The van der Waals surface area contributed by atoms with Crippen molar-refractivity contribution in [2.75, 3.05) is 0 Å². The molecule has 2 aromatic carbocycles. The zero-order chi connectivity index (χ0) is 19.5.